The number of rotatable bonds is 5. The van der Waals surface area contributed by atoms with Crippen molar-refractivity contribution in [3.63, 3.8) is 0 Å². The summed E-state index contributed by atoms with van der Waals surface area (Å²) in [6, 6.07) is 10.5. The largest absolute Gasteiger partial charge is 0.375 e. The molecule has 0 aromatic heterocycles. The molecule has 3 heteroatoms. The minimum Gasteiger partial charge on any atom is -0.375 e. The van der Waals surface area contributed by atoms with Gasteiger partial charge in [0.1, 0.15) is 6.61 Å². The third kappa shape index (κ3) is 3.40. The average molecular weight is 275 g/mol. The molecule has 20 heavy (non-hydrogen) atoms. The number of amides is 1. The van der Waals surface area contributed by atoms with E-state index in [4.69, 9.17) is 4.74 Å². The van der Waals surface area contributed by atoms with Crippen LogP contribution in [0, 0.1) is 5.41 Å². The van der Waals surface area contributed by atoms with Gasteiger partial charge in [0.25, 0.3) is 0 Å². The van der Waals surface area contributed by atoms with E-state index in [-0.39, 0.29) is 17.9 Å². The zero-order chi connectivity index (χ0) is 14.6. The summed E-state index contributed by atoms with van der Waals surface area (Å²) in [7, 11) is 1.58. The van der Waals surface area contributed by atoms with Gasteiger partial charge < -0.3 is 9.64 Å². The highest BCUT2D eigenvalue weighted by Crippen LogP contribution is 2.41. The summed E-state index contributed by atoms with van der Waals surface area (Å²) < 4.78 is 5.06. The maximum absolute atomic E-state index is 12.4. The maximum atomic E-state index is 12.4. The third-order valence-corrected chi connectivity index (χ3v) is 4.36. The van der Waals surface area contributed by atoms with E-state index in [0.29, 0.717) is 12.6 Å². The Morgan fingerprint density at radius 2 is 2.05 bits per heavy atom. The van der Waals surface area contributed by atoms with E-state index in [9.17, 15) is 4.79 Å². The van der Waals surface area contributed by atoms with Gasteiger partial charge in [0.05, 0.1) is 0 Å². The average Bonchev–Trinajstić information content (AvgIpc) is 2.77. The number of hydrogen-bond acceptors (Lipinski definition) is 2. The maximum Gasteiger partial charge on any atom is 0.249 e. The molecule has 1 unspecified atom stereocenters. The third-order valence-electron chi connectivity index (χ3n) is 4.36. The molecule has 1 saturated carbocycles. The summed E-state index contributed by atoms with van der Waals surface area (Å²) >= 11 is 0. The Morgan fingerprint density at radius 1 is 1.35 bits per heavy atom. The first kappa shape index (κ1) is 15.0. The van der Waals surface area contributed by atoms with Crippen LogP contribution in [-0.4, -0.2) is 30.6 Å². The first-order valence-electron chi connectivity index (χ1n) is 7.37. The summed E-state index contributed by atoms with van der Waals surface area (Å²) in [5.41, 5.74) is 1.37. The Morgan fingerprint density at radius 3 is 2.60 bits per heavy atom. The van der Waals surface area contributed by atoms with E-state index in [0.717, 1.165) is 6.42 Å². The van der Waals surface area contributed by atoms with Crippen LogP contribution in [-0.2, 0) is 16.1 Å². The van der Waals surface area contributed by atoms with Crippen molar-refractivity contribution in [2.24, 2.45) is 5.41 Å². The molecular weight excluding hydrogens is 250 g/mol. The second-order valence-electron chi connectivity index (χ2n) is 6.34. The van der Waals surface area contributed by atoms with Gasteiger partial charge in [-0.15, -0.1) is 0 Å². The van der Waals surface area contributed by atoms with Crippen molar-refractivity contribution in [3.05, 3.63) is 35.9 Å². The summed E-state index contributed by atoms with van der Waals surface area (Å²) in [6.07, 6.45) is 3.47. The SMILES string of the molecule is COCC(=O)N(Cc1ccccc1)C1CCCC1(C)C. The number of benzene rings is 1. The van der Waals surface area contributed by atoms with Gasteiger partial charge >= 0.3 is 0 Å². The van der Waals surface area contributed by atoms with E-state index in [1.165, 1.54) is 18.4 Å². The second-order valence-corrected chi connectivity index (χ2v) is 6.34. The molecule has 2 rings (SSSR count). The number of carbonyl (C=O) groups excluding carboxylic acids is 1. The first-order valence-corrected chi connectivity index (χ1v) is 7.37. The number of methoxy groups -OCH3 is 1. The number of hydrogen-bond donors (Lipinski definition) is 0. The number of nitrogens with zero attached hydrogens (tertiary/aromatic N) is 1. The van der Waals surface area contributed by atoms with Crippen molar-refractivity contribution < 1.29 is 9.53 Å². The van der Waals surface area contributed by atoms with Gasteiger partial charge in [-0.25, -0.2) is 0 Å². The predicted octanol–water partition coefficient (Wildman–Crippen LogP) is 3.24. The van der Waals surface area contributed by atoms with Crippen molar-refractivity contribution in [1.82, 2.24) is 4.90 Å². The molecule has 0 saturated heterocycles. The lowest BCUT2D eigenvalue weighted by Crippen LogP contribution is -2.46. The van der Waals surface area contributed by atoms with Crippen LogP contribution >= 0.6 is 0 Å². The quantitative estimate of drug-likeness (QED) is 0.825. The molecule has 0 spiro atoms. The lowest BCUT2D eigenvalue weighted by molar-refractivity contribution is -0.140. The predicted molar refractivity (Wildman–Crippen MR) is 80.3 cm³/mol. The molecule has 0 radical (unpaired) electrons. The van der Waals surface area contributed by atoms with Gasteiger partial charge in [-0.3, -0.25) is 4.79 Å². The fourth-order valence-electron chi connectivity index (χ4n) is 3.24. The van der Waals surface area contributed by atoms with Crippen LogP contribution in [0.5, 0.6) is 0 Å². The minimum atomic E-state index is 0.0938. The molecule has 0 N–H and O–H groups in total. The zero-order valence-corrected chi connectivity index (χ0v) is 12.8. The van der Waals surface area contributed by atoms with Crippen LogP contribution in [0.4, 0.5) is 0 Å². The Kier molecular flexibility index (Phi) is 4.81. The summed E-state index contributed by atoms with van der Waals surface area (Å²) in [5.74, 6) is 0.0938. The Hall–Kier alpha value is -1.35. The Labute approximate surface area is 121 Å². The molecular formula is C17H25NO2. The van der Waals surface area contributed by atoms with Crippen LogP contribution in [0.3, 0.4) is 0 Å². The molecule has 1 amide bonds. The standard InChI is InChI=1S/C17H25NO2/c1-17(2)11-7-10-15(17)18(16(19)13-20-3)12-14-8-5-4-6-9-14/h4-6,8-9,15H,7,10-13H2,1-3H3. The van der Waals surface area contributed by atoms with Gasteiger partial charge in [0.15, 0.2) is 0 Å². The van der Waals surface area contributed by atoms with E-state index < -0.39 is 0 Å². The highest BCUT2D eigenvalue weighted by atomic mass is 16.5. The Bertz CT molecular complexity index is 442. The van der Waals surface area contributed by atoms with Crippen LogP contribution in [0.2, 0.25) is 0 Å². The van der Waals surface area contributed by atoms with Gasteiger partial charge in [0, 0.05) is 19.7 Å². The van der Waals surface area contributed by atoms with E-state index in [1.54, 1.807) is 7.11 Å². The van der Waals surface area contributed by atoms with Gasteiger partial charge in [0.2, 0.25) is 5.91 Å². The van der Waals surface area contributed by atoms with Crippen LogP contribution in [0.1, 0.15) is 38.7 Å². The molecule has 0 bridgehead atoms. The molecule has 110 valence electrons. The van der Waals surface area contributed by atoms with Crippen LogP contribution < -0.4 is 0 Å². The number of carbonyl (C=O) groups is 1. The lowest BCUT2D eigenvalue weighted by Gasteiger charge is -2.37. The molecule has 3 nitrogen and oxygen atoms in total. The van der Waals surface area contributed by atoms with Crippen molar-refractivity contribution in [2.45, 2.75) is 45.7 Å². The van der Waals surface area contributed by atoms with E-state index >= 15 is 0 Å². The smallest absolute Gasteiger partial charge is 0.249 e. The summed E-state index contributed by atoms with van der Waals surface area (Å²) in [4.78, 5) is 14.4. The van der Waals surface area contributed by atoms with Crippen molar-refractivity contribution in [1.29, 1.82) is 0 Å². The lowest BCUT2D eigenvalue weighted by atomic mass is 9.86. The summed E-state index contributed by atoms with van der Waals surface area (Å²) in [6.45, 7) is 5.38. The van der Waals surface area contributed by atoms with E-state index in [2.05, 4.69) is 26.0 Å². The first-order chi connectivity index (χ1) is 9.54. The molecule has 1 fully saturated rings. The van der Waals surface area contributed by atoms with Crippen molar-refractivity contribution in [3.8, 4) is 0 Å². The topological polar surface area (TPSA) is 29.5 Å². The molecule has 0 heterocycles. The Balaban J connectivity index is 2.19. The fourth-order valence-corrected chi connectivity index (χ4v) is 3.24. The van der Waals surface area contributed by atoms with Crippen LogP contribution in [0.25, 0.3) is 0 Å². The molecule has 1 aromatic carbocycles. The highest BCUT2D eigenvalue weighted by molar-refractivity contribution is 5.78. The van der Waals surface area contributed by atoms with Crippen LogP contribution in [0.15, 0.2) is 30.3 Å². The molecule has 1 atom stereocenters. The van der Waals surface area contributed by atoms with E-state index in [1.807, 2.05) is 23.1 Å². The molecule has 1 aromatic rings. The van der Waals surface area contributed by atoms with Crippen molar-refractivity contribution >= 4 is 5.91 Å². The van der Waals surface area contributed by atoms with Gasteiger partial charge in [-0.2, -0.15) is 0 Å². The minimum absolute atomic E-state index is 0.0938. The van der Waals surface area contributed by atoms with Crippen molar-refractivity contribution in [2.75, 3.05) is 13.7 Å². The molecule has 0 aliphatic heterocycles. The molecule has 1 aliphatic rings. The van der Waals surface area contributed by atoms with Gasteiger partial charge in [-0.05, 0) is 23.8 Å². The zero-order valence-electron chi connectivity index (χ0n) is 12.8. The highest BCUT2D eigenvalue weighted by Gasteiger charge is 2.40. The fraction of sp³-hybridized carbons (Fsp3) is 0.588. The number of ether oxygens (including phenoxy) is 1. The second kappa shape index (κ2) is 6.40. The monoisotopic (exact) mass is 275 g/mol. The summed E-state index contributed by atoms with van der Waals surface area (Å²) in [5, 5.41) is 0. The normalized spacial score (nSPS) is 20.9. The van der Waals surface area contributed by atoms with Gasteiger partial charge in [-0.1, -0.05) is 50.6 Å². The molecule has 1 aliphatic carbocycles.